The minimum absolute atomic E-state index is 0.0489. The lowest BCUT2D eigenvalue weighted by Crippen LogP contribution is -2.36. The van der Waals surface area contributed by atoms with Gasteiger partial charge in [-0.25, -0.2) is 0 Å². The topological polar surface area (TPSA) is 45.1 Å². The van der Waals surface area contributed by atoms with Crippen LogP contribution in [-0.2, 0) is 4.79 Å². The maximum atomic E-state index is 13.3. The zero-order chi connectivity index (χ0) is 23.5. The summed E-state index contributed by atoms with van der Waals surface area (Å²) in [5.74, 6) is 0.870. The number of carbonyl (C=O) groups excluding carboxylic acids is 1. The zero-order valence-corrected chi connectivity index (χ0v) is 21.5. The number of nitrogens with zero attached hydrogens (tertiary/aromatic N) is 3. The molecule has 0 aromatic heterocycles. The molecule has 1 aromatic carbocycles. The number of methoxy groups -OCH3 is 1. The Labute approximate surface area is 199 Å². The van der Waals surface area contributed by atoms with E-state index in [1.54, 1.807) is 7.11 Å². The lowest BCUT2D eigenvalue weighted by molar-refractivity contribution is -0.126. The summed E-state index contributed by atoms with van der Waals surface area (Å²) in [6, 6.07) is 6.63. The lowest BCUT2D eigenvalue weighted by atomic mass is 10.0. The van der Waals surface area contributed by atoms with Crippen molar-refractivity contribution < 1.29 is 9.53 Å². The van der Waals surface area contributed by atoms with Crippen LogP contribution >= 0.6 is 11.8 Å². The van der Waals surface area contributed by atoms with Gasteiger partial charge in [-0.2, -0.15) is 0 Å². The molecule has 0 unspecified atom stereocenters. The third-order valence-electron chi connectivity index (χ3n) is 6.26. The number of hydrogen-bond acceptors (Lipinski definition) is 5. The summed E-state index contributed by atoms with van der Waals surface area (Å²) in [6.07, 6.45) is 6.84. The number of ether oxygens (including phenoxy) is 1. The molecule has 1 amide bonds. The highest BCUT2D eigenvalue weighted by Gasteiger charge is 2.22. The molecule has 0 radical (unpaired) electrons. The van der Waals surface area contributed by atoms with Crippen molar-refractivity contribution in [2.24, 2.45) is 4.99 Å². The van der Waals surface area contributed by atoms with Gasteiger partial charge in [0.1, 0.15) is 10.8 Å². The molecule has 178 valence electrons. The molecule has 0 saturated carbocycles. The van der Waals surface area contributed by atoms with Crippen LogP contribution in [0.1, 0.15) is 63.5 Å². The Morgan fingerprint density at radius 1 is 1.22 bits per heavy atom. The van der Waals surface area contributed by atoms with Crippen molar-refractivity contribution in [1.82, 2.24) is 9.80 Å². The van der Waals surface area contributed by atoms with Crippen molar-refractivity contribution >= 4 is 22.7 Å². The van der Waals surface area contributed by atoms with E-state index in [1.807, 2.05) is 36.9 Å². The van der Waals surface area contributed by atoms with Crippen molar-refractivity contribution in [2.75, 3.05) is 40.3 Å². The van der Waals surface area contributed by atoms with E-state index in [9.17, 15) is 4.79 Å². The average molecular weight is 460 g/mol. The van der Waals surface area contributed by atoms with Gasteiger partial charge in [0.05, 0.1) is 12.0 Å². The largest absolute Gasteiger partial charge is 0.497 e. The molecule has 6 heteroatoms. The van der Waals surface area contributed by atoms with Gasteiger partial charge >= 0.3 is 0 Å². The van der Waals surface area contributed by atoms with Crippen LogP contribution in [0.25, 0.3) is 0 Å². The van der Waals surface area contributed by atoms with E-state index in [1.165, 1.54) is 24.6 Å². The average Bonchev–Trinajstić information content (AvgIpc) is 2.80. The minimum atomic E-state index is 0.0489. The molecule has 32 heavy (non-hydrogen) atoms. The molecule has 0 bridgehead atoms. The summed E-state index contributed by atoms with van der Waals surface area (Å²) in [4.78, 5) is 23.0. The Morgan fingerprint density at radius 3 is 2.41 bits per heavy atom. The quantitative estimate of drug-likeness (QED) is 0.306. The van der Waals surface area contributed by atoms with Gasteiger partial charge in [-0.1, -0.05) is 38.1 Å². The molecule has 0 N–H and O–H groups in total. The molecule has 1 heterocycles. The summed E-state index contributed by atoms with van der Waals surface area (Å²) < 4.78 is 5.33. The van der Waals surface area contributed by atoms with Crippen LogP contribution < -0.4 is 4.74 Å². The molecule has 0 spiro atoms. The fourth-order valence-corrected chi connectivity index (χ4v) is 5.16. The monoisotopic (exact) mass is 459 g/mol. The number of rotatable bonds is 7. The maximum Gasteiger partial charge on any atom is 0.260 e. The Balaban J connectivity index is 2.03. The molecular weight excluding hydrogens is 418 g/mol. The number of amides is 1. The molecule has 1 aromatic rings. The number of carbonyl (C=O) groups is 1. The van der Waals surface area contributed by atoms with Gasteiger partial charge in [0.25, 0.3) is 5.91 Å². The molecule has 1 fully saturated rings. The fourth-order valence-electron chi connectivity index (χ4n) is 4.18. The van der Waals surface area contributed by atoms with E-state index >= 15 is 0 Å². The summed E-state index contributed by atoms with van der Waals surface area (Å²) in [5.41, 5.74) is 2.11. The van der Waals surface area contributed by atoms with Gasteiger partial charge in [0, 0.05) is 31.2 Å². The van der Waals surface area contributed by atoms with Gasteiger partial charge in [-0.05, 0) is 76.9 Å². The van der Waals surface area contributed by atoms with Crippen molar-refractivity contribution in [3.63, 3.8) is 0 Å². The fraction of sp³-hybridized carbons (Fsp3) is 0.615. The summed E-state index contributed by atoms with van der Waals surface area (Å²) in [5, 5.41) is 0.845. The summed E-state index contributed by atoms with van der Waals surface area (Å²) >= 11 is 1.40. The number of benzene rings is 1. The van der Waals surface area contributed by atoms with Crippen molar-refractivity contribution in [1.29, 1.82) is 0 Å². The van der Waals surface area contributed by atoms with Crippen LogP contribution in [0.5, 0.6) is 5.75 Å². The lowest BCUT2D eigenvalue weighted by Gasteiger charge is -2.30. The zero-order valence-electron chi connectivity index (χ0n) is 20.7. The molecule has 1 aliphatic rings. The van der Waals surface area contributed by atoms with E-state index < -0.39 is 0 Å². The highest BCUT2D eigenvalue weighted by molar-refractivity contribution is 8.18. The minimum Gasteiger partial charge on any atom is -0.497 e. The highest BCUT2D eigenvalue weighted by atomic mass is 32.2. The Bertz CT molecular complexity index is 781. The van der Waals surface area contributed by atoms with Gasteiger partial charge in [0.2, 0.25) is 0 Å². The molecule has 0 atom stereocenters. The standard InChI is InChI=1S/C26H41N3O2S/c1-7-27-25(24-16-15-23(31-6)19-20(24)3)32-21(4)26(30)29-17-11-9-13-22(28(5)8-2)14-10-12-18-29/h15-16,19,22H,4,7-14,17-18H2,1-3,5-6H3. The van der Waals surface area contributed by atoms with Gasteiger partial charge in [-0.15, -0.1) is 0 Å². The van der Waals surface area contributed by atoms with Crippen molar-refractivity contribution in [3.8, 4) is 5.75 Å². The van der Waals surface area contributed by atoms with Crippen LogP contribution in [0.4, 0.5) is 0 Å². The Morgan fingerprint density at radius 2 is 1.88 bits per heavy atom. The van der Waals surface area contributed by atoms with E-state index in [-0.39, 0.29) is 5.91 Å². The number of aliphatic imine (C=N–C) groups is 1. The first-order valence-corrected chi connectivity index (χ1v) is 12.8. The molecular formula is C26H41N3O2S. The Kier molecular flexibility index (Phi) is 11.3. The third kappa shape index (κ3) is 7.66. The van der Waals surface area contributed by atoms with Crippen LogP contribution in [-0.4, -0.2) is 67.1 Å². The molecule has 1 saturated heterocycles. The third-order valence-corrected chi connectivity index (χ3v) is 7.23. The van der Waals surface area contributed by atoms with Crippen LogP contribution in [0.3, 0.4) is 0 Å². The smallest absolute Gasteiger partial charge is 0.260 e. The van der Waals surface area contributed by atoms with E-state index in [0.29, 0.717) is 17.5 Å². The van der Waals surface area contributed by atoms with E-state index in [0.717, 1.165) is 67.2 Å². The Hall–Kier alpha value is -1.79. The second kappa shape index (κ2) is 13.7. The van der Waals surface area contributed by atoms with Gasteiger partial charge in [-0.3, -0.25) is 9.79 Å². The predicted molar refractivity (Wildman–Crippen MR) is 138 cm³/mol. The first kappa shape index (κ1) is 26.5. The first-order chi connectivity index (χ1) is 15.4. The maximum absolute atomic E-state index is 13.3. The first-order valence-electron chi connectivity index (χ1n) is 12.0. The number of aryl methyl sites for hydroxylation is 1. The molecule has 2 rings (SSSR count). The number of thioether (sulfide) groups is 1. The molecule has 0 aliphatic carbocycles. The van der Waals surface area contributed by atoms with Gasteiger partial charge < -0.3 is 14.5 Å². The van der Waals surface area contributed by atoms with E-state index in [2.05, 4.69) is 30.4 Å². The number of hydrogen-bond donors (Lipinski definition) is 0. The van der Waals surface area contributed by atoms with Crippen molar-refractivity contribution in [3.05, 3.63) is 40.8 Å². The van der Waals surface area contributed by atoms with E-state index in [4.69, 9.17) is 4.74 Å². The van der Waals surface area contributed by atoms with Crippen molar-refractivity contribution in [2.45, 2.75) is 65.3 Å². The predicted octanol–water partition coefficient (Wildman–Crippen LogP) is 5.52. The highest BCUT2D eigenvalue weighted by Crippen LogP contribution is 2.28. The summed E-state index contributed by atoms with van der Waals surface area (Å²) in [6.45, 7) is 13.8. The summed E-state index contributed by atoms with van der Waals surface area (Å²) in [7, 11) is 3.90. The SMILES string of the molecule is C=C(SC(=NCC)c1ccc(OC)cc1C)C(=O)N1CCCCC(N(C)CC)CCCC1. The van der Waals surface area contributed by atoms with Crippen LogP contribution in [0, 0.1) is 6.92 Å². The second-order valence-electron chi connectivity index (χ2n) is 8.50. The second-order valence-corrected chi connectivity index (χ2v) is 9.58. The normalized spacial score (nSPS) is 16.8. The van der Waals surface area contributed by atoms with Crippen LogP contribution in [0.2, 0.25) is 0 Å². The molecule has 5 nitrogen and oxygen atoms in total. The van der Waals surface area contributed by atoms with Gasteiger partial charge in [0.15, 0.2) is 0 Å². The van der Waals surface area contributed by atoms with Crippen LogP contribution in [0.15, 0.2) is 34.7 Å². The molecule has 1 aliphatic heterocycles.